The highest BCUT2D eigenvalue weighted by atomic mass is 16.5. The van der Waals surface area contributed by atoms with Crippen molar-refractivity contribution in [3.8, 4) is 16.9 Å². The quantitative estimate of drug-likeness (QED) is 0.570. The molecule has 0 fully saturated rings. The molecule has 0 saturated carbocycles. The molecule has 4 heteroatoms. The molecule has 100 valence electrons. The van der Waals surface area contributed by atoms with Crippen molar-refractivity contribution in [3.63, 3.8) is 0 Å². The van der Waals surface area contributed by atoms with Gasteiger partial charge in [0.15, 0.2) is 0 Å². The number of nitrogens with two attached hydrogens (primary N) is 1. The van der Waals surface area contributed by atoms with E-state index in [4.69, 9.17) is 10.5 Å². The van der Waals surface area contributed by atoms with Gasteiger partial charge in [-0.3, -0.25) is 0 Å². The van der Waals surface area contributed by atoms with E-state index in [-0.39, 0.29) is 5.75 Å². The summed E-state index contributed by atoms with van der Waals surface area (Å²) in [5.74, 6) is 0.239. The van der Waals surface area contributed by atoms with Crippen LogP contribution in [-0.2, 0) is 4.74 Å². The minimum absolute atomic E-state index is 0.239. The molecule has 0 amide bonds. The average Bonchev–Trinajstić information content (AvgIpc) is 2.41. The van der Waals surface area contributed by atoms with Gasteiger partial charge >= 0.3 is 0 Å². The van der Waals surface area contributed by atoms with Crippen LogP contribution in [0.15, 0.2) is 42.5 Å². The van der Waals surface area contributed by atoms with E-state index in [1.165, 1.54) is 0 Å². The monoisotopic (exact) mass is 258 g/mol. The van der Waals surface area contributed by atoms with Crippen LogP contribution < -0.4 is 11.1 Å². The van der Waals surface area contributed by atoms with E-state index in [1.807, 2.05) is 30.3 Å². The van der Waals surface area contributed by atoms with Crippen molar-refractivity contribution in [1.82, 2.24) is 0 Å². The van der Waals surface area contributed by atoms with Crippen LogP contribution in [-0.4, -0.2) is 25.4 Å². The van der Waals surface area contributed by atoms with Gasteiger partial charge in [-0.15, -0.1) is 0 Å². The van der Waals surface area contributed by atoms with Crippen molar-refractivity contribution in [1.29, 1.82) is 0 Å². The number of anilines is 2. The van der Waals surface area contributed by atoms with Crippen molar-refractivity contribution < 1.29 is 9.84 Å². The second kappa shape index (κ2) is 6.11. The molecule has 0 aliphatic carbocycles. The molecule has 0 aliphatic heterocycles. The Balaban J connectivity index is 2.37. The number of nitrogen functional groups attached to an aromatic ring is 1. The molecule has 4 nitrogen and oxygen atoms in total. The summed E-state index contributed by atoms with van der Waals surface area (Å²) in [5, 5.41) is 13.2. The maximum Gasteiger partial charge on any atom is 0.123 e. The zero-order valence-corrected chi connectivity index (χ0v) is 10.9. The summed E-state index contributed by atoms with van der Waals surface area (Å²) in [6.07, 6.45) is 0. The lowest BCUT2D eigenvalue weighted by atomic mass is 10.0. The molecule has 2 aromatic carbocycles. The summed E-state index contributed by atoms with van der Waals surface area (Å²) in [5.41, 5.74) is 9.06. The fourth-order valence-electron chi connectivity index (χ4n) is 1.93. The normalized spacial score (nSPS) is 10.4. The highest BCUT2D eigenvalue weighted by Gasteiger charge is 2.09. The van der Waals surface area contributed by atoms with E-state index >= 15 is 0 Å². The van der Waals surface area contributed by atoms with E-state index in [9.17, 15) is 5.11 Å². The summed E-state index contributed by atoms with van der Waals surface area (Å²) in [6.45, 7) is 1.31. The van der Waals surface area contributed by atoms with Crippen LogP contribution in [0.1, 0.15) is 0 Å². The number of ether oxygens (including phenoxy) is 1. The fraction of sp³-hybridized carbons (Fsp3) is 0.200. The molecule has 4 N–H and O–H groups in total. The number of aromatic hydroxyl groups is 1. The first-order chi connectivity index (χ1) is 9.22. The number of phenolic OH excluding ortho intramolecular Hbond substituents is 1. The van der Waals surface area contributed by atoms with Gasteiger partial charge in [0, 0.05) is 36.2 Å². The zero-order chi connectivity index (χ0) is 13.7. The summed E-state index contributed by atoms with van der Waals surface area (Å²) < 4.78 is 5.02. The highest BCUT2D eigenvalue weighted by Crippen LogP contribution is 2.35. The number of para-hydroxylation sites is 1. The van der Waals surface area contributed by atoms with Crippen molar-refractivity contribution in [2.75, 3.05) is 31.3 Å². The smallest absolute Gasteiger partial charge is 0.123 e. The van der Waals surface area contributed by atoms with Crippen molar-refractivity contribution in [2.24, 2.45) is 0 Å². The molecule has 0 radical (unpaired) electrons. The minimum atomic E-state index is 0.239. The Hall–Kier alpha value is -2.20. The molecule has 19 heavy (non-hydrogen) atoms. The van der Waals surface area contributed by atoms with Crippen LogP contribution in [0.4, 0.5) is 11.4 Å². The van der Waals surface area contributed by atoms with Crippen LogP contribution in [0, 0.1) is 0 Å². The summed E-state index contributed by atoms with van der Waals surface area (Å²) >= 11 is 0. The molecule has 0 aromatic heterocycles. The lowest BCUT2D eigenvalue weighted by Crippen LogP contribution is -2.08. The Morgan fingerprint density at radius 3 is 2.68 bits per heavy atom. The second-order valence-corrected chi connectivity index (χ2v) is 4.24. The molecular formula is C15H18N2O2. The van der Waals surface area contributed by atoms with Gasteiger partial charge in [0.05, 0.1) is 6.61 Å². The van der Waals surface area contributed by atoms with Crippen molar-refractivity contribution in [2.45, 2.75) is 0 Å². The van der Waals surface area contributed by atoms with E-state index in [0.29, 0.717) is 18.8 Å². The molecule has 2 rings (SSSR count). The van der Waals surface area contributed by atoms with Gasteiger partial charge in [-0.05, 0) is 24.3 Å². The van der Waals surface area contributed by atoms with Gasteiger partial charge in [-0.25, -0.2) is 0 Å². The van der Waals surface area contributed by atoms with Gasteiger partial charge in [0.1, 0.15) is 5.75 Å². The predicted molar refractivity (Wildman–Crippen MR) is 78.3 cm³/mol. The summed E-state index contributed by atoms with van der Waals surface area (Å²) in [6, 6.07) is 12.8. The van der Waals surface area contributed by atoms with Gasteiger partial charge < -0.3 is 20.9 Å². The van der Waals surface area contributed by atoms with Crippen LogP contribution >= 0.6 is 0 Å². The third-order valence-electron chi connectivity index (χ3n) is 2.86. The van der Waals surface area contributed by atoms with Crippen molar-refractivity contribution >= 4 is 11.4 Å². The standard InChI is InChI=1S/C15H18N2O2/c1-19-9-8-17-14-7-6-11(16)10-13(14)12-4-2-3-5-15(12)18/h2-7,10,17-18H,8-9,16H2,1H3. The largest absolute Gasteiger partial charge is 0.507 e. The van der Waals surface area contributed by atoms with Crippen LogP contribution in [0.3, 0.4) is 0 Å². The first-order valence-electron chi connectivity index (χ1n) is 6.13. The van der Waals surface area contributed by atoms with Gasteiger partial charge in [0.2, 0.25) is 0 Å². The number of hydrogen-bond acceptors (Lipinski definition) is 4. The highest BCUT2D eigenvalue weighted by molar-refractivity contribution is 5.83. The number of nitrogens with one attached hydrogen (secondary N) is 1. The number of benzene rings is 2. The number of hydrogen-bond donors (Lipinski definition) is 3. The molecule has 2 aromatic rings. The number of methoxy groups -OCH3 is 1. The number of phenols is 1. The van der Waals surface area contributed by atoms with E-state index in [1.54, 1.807) is 19.2 Å². The van der Waals surface area contributed by atoms with E-state index in [2.05, 4.69) is 5.32 Å². The minimum Gasteiger partial charge on any atom is -0.507 e. The Labute approximate surface area is 112 Å². The first-order valence-corrected chi connectivity index (χ1v) is 6.13. The fourth-order valence-corrected chi connectivity index (χ4v) is 1.93. The zero-order valence-electron chi connectivity index (χ0n) is 10.9. The Morgan fingerprint density at radius 2 is 1.95 bits per heavy atom. The van der Waals surface area contributed by atoms with Crippen LogP contribution in [0.25, 0.3) is 11.1 Å². The topological polar surface area (TPSA) is 67.5 Å². The average molecular weight is 258 g/mol. The molecule has 0 saturated heterocycles. The number of rotatable bonds is 5. The Bertz CT molecular complexity index is 556. The van der Waals surface area contributed by atoms with Crippen molar-refractivity contribution in [3.05, 3.63) is 42.5 Å². The SMILES string of the molecule is COCCNc1ccc(N)cc1-c1ccccc1O. The Morgan fingerprint density at radius 1 is 1.16 bits per heavy atom. The summed E-state index contributed by atoms with van der Waals surface area (Å²) in [7, 11) is 1.66. The summed E-state index contributed by atoms with van der Waals surface area (Å²) in [4.78, 5) is 0. The van der Waals surface area contributed by atoms with E-state index in [0.717, 1.165) is 16.8 Å². The van der Waals surface area contributed by atoms with Gasteiger partial charge in [-0.2, -0.15) is 0 Å². The lowest BCUT2D eigenvalue weighted by molar-refractivity contribution is 0.211. The molecule has 0 heterocycles. The maximum atomic E-state index is 9.96. The maximum absolute atomic E-state index is 9.96. The molecule has 0 aliphatic rings. The molecule has 0 spiro atoms. The third kappa shape index (κ3) is 3.17. The first kappa shape index (κ1) is 13.2. The van der Waals surface area contributed by atoms with Gasteiger partial charge in [0.25, 0.3) is 0 Å². The predicted octanol–water partition coefficient (Wildman–Crippen LogP) is 2.70. The van der Waals surface area contributed by atoms with Crippen LogP contribution in [0.2, 0.25) is 0 Å². The van der Waals surface area contributed by atoms with Gasteiger partial charge in [-0.1, -0.05) is 18.2 Å². The second-order valence-electron chi connectivity index (χ2n) is 4.24. The molecule has 0 unspecified atom stereocenters. The lowest BCUT2D eigenvalue weighted by Gasteiger charge is -2.14. The molecule has 0 atom stereocenters. The van der Waals surface area contributed by atoms with E-state index < -0.39 is 0 Å². The Kier molecular flexibility index (Phi) is 4.26. The molecular weight excluding hydrogens is 240 g/mol. The third-order valence-corrected chi connectivity index (χ3v) is 2.86. The van der Waals surface area contributed by atoms with Crippen LogP contribution in [0.5, 0.6) is 5.75 Å². The molecule has 0 bridgehead atoms.